The van der Waals surface area contributed by atoms with Gasteiger partial charge in [-0.1, -0.05) is 11.6 Å². The van der Waals surface area contributed by atoms with Crippen molar-refractivity contribution in [2.75, 3.05) is 26.2 Å². The van der Waals surface area contributed by atoms with Gasteiger partial charge in [0, 0.05) is 57.6 Å². The average Bonchev–Trinajstić information content (AvgIpc) is 3.17. The van der Waals surface area contributed by atoms with E-state index in [1.54, 1.807) is 10.9 Å². The third kappa shape index (κ3) is 3.72. The number of amides is 1. The molecule has 0 radical (unpaired) electrons. The topological polar surface area (TPSA) is 59.2 Å². The summed E-state index contributed by atoms with van der Waals surface area (Å²) < 4.78 is 3.64. The van der Waals surface area contributed by atoms with E-state index in [0.717, 1.165) is 31.9 Å². The van der Waals surface area contributed by atoms with E-state index in [4.69, 9.17) is 11.6 Å². The number of rotatable bonds is 5. The standard InChI is InChI=1S/C17H25ClN6O/c1-4-23-12-14(13(3)20-23)11-21-6-8-22(9-7-21)17(25)16-15(18)10-19-24(16)5-2/h10,12H,4-9,11H2,1-3H3. The van der Waals surface area contributed by atoms with Crippen molar-refractivity contribution in [2.24, 2.45) is 0 Å². The summed E-state index contributed by atoms with van der Waals surface area (Å²) in [5.74, 6) is -0.0287. The van der Waals surface area contributed by atoms with Crippen LogP contribution in [-0.2, 0) is 19.6 Å². The van der Waals surface area contributed by atoms with Gasteiger partial charge in [-0.05, 0) is 20.8 Å². The largest absolute Gasteiger partial charge is 0.335 e. The molecule has 1 fully saturated rings. The monoisotopic (exact) mass is 364 g/mol. The minimum Gasteiger partial charge on any atom is -0.335 e. The molecule has 136 valence electrons. The zero-order valence-corrected chi connectivity index (χ0v) is 15.8. The minimum absolute atomic E-state index is 0.0287. The molecule has 8 heteroatoms. The van der Waals surface area contributed by atoms with Crippen LogP contribution >= 0.6 is 11.6 Å². The Morgan fingerprint density at radius 2 is 1.92 bits per heavy atom. The molecule has 0 N–H and O–H groups in total. The van der Waals surface area contributed by atoms with Crippen molar-refractivity contribution in [1.82, 2.24) is 29.4 Å². The van der Waals surface area contributed by atoms with Gasteiger partial charge in [0.2, 0.25) is 0 Å². The van der Waals surface area contributed by atoms with Crippen molar-refractivity contribution >= 4 is 17.5 Å². The molecule has 2 aromatic heterocycles. The van der Waals surface area contributed by atoms with Crippen LogP contribution in [0.2, 0.25) is 5.02 Å². The number of hydrogen-bond acceptors (Lipinski definition) is 4. The third-order valence-electron chi connectivity index (χ3n) is 4.72. The van der Waals surface area contributed by atoms with Crippen molar-refractivity contribution in [3.63, 3.8) is 0 Å². The van der Waals surface area contributed by atoms with Crippen LogP contribution in [0, 0.1) is 6.92 Å². The van der Waals surface area contributed by atoms with Gasteiger partial charge in [-0.2, -0.15) is 10.2 Å². The lowest BCUT2D eigenvalue weighted by atomic mass is 10.2. The number of carbonyl (C=O) groups excluding carboxylic acids is 1. The molecule has 3 heterocycles. The lowest BCUT2D eigenvalue weighted by Gasteiger charge is -2.34. The van der Waals surface area contributed by atoms with E-state index in [2.05, 4.69) is 35.1 Å². The molecule has 2 aromatic rings. The molecular formula is C17H25ClN6O. The van der Waals surface area contributed by atoms with Gasteiger partial charge in [-0.25, -0.2) is 0 Å². The van der Waals surface area contributed by atoms with Crippen molar-refractivity contribution in [2.45, 2.75) is 40.4 Å². The molecule has 0 saturated carbocycles. The molecule has 1 amide bonds. The van der Waals surface area contributed by atoms with Crippen LogP contribution in [0.15, 0.2) is 12.4 Å². The van der Waals surface area contributed by atoms with Crippen LogP contribution in [0.4, 0.5) is 0 Å². The summed E-state index contributed by atoms with van der Waals surface area (Å²) in [6.45, 7) is 11.6. The van der Waals surface area contributed by atoms with Crippen molar-refractivity contribution in [1.29, 1.82) is 0 Å². The Morgan fingerprint density at radius 3 is 2.52 bits per heavy atom. The molecule has 0 spiro atoms. The first-order valence-electron chi connectivity index (χ1n) is 8.79. The minimum atomic E-state index is -0.0287. The SMILES string of the molecule is CCn1cc(CN2CCN(C(=O)c3c(Cl)cnn3CC)CC2)c(C)n1. The first-order valence-corrected chi connectivity index (χ1v) is 9.17. The molecule has 1 saturated heterocycles. The molecule has 1 aliphatic rings. The Hall–Kier alpha value is -1.86. The number of aromatic nitrogens is 4. The Morgan fingerprint density at radius 1 is 1.20 bits per heavy atom. The van der Waals surface area contributed by atoms with E-state index >= 15 is 0 Å². The summed E-state index contributed by atoms with van der Waals surface area (Å²) in [7, 11) is 0. The van der Waals surface area contributed by atoms with E-state index in [-0.39, 0.29) is 5.91 Å². The summed E-state index contributed by atoms with van der Waals surface area (Å²) in [6, 6.07) is 0. The highest BCUT2D eigenvalue weighted by Gasteiger charge is 2.26. The second-order valence-corrected chi connectivity index (χ2v) is 6.73. The van der Waals surface area contributed by atoms with Crippen molar-refractivity contribution in [3.05, 3.63) is 34.4 Å². The van der Waals surface area contributed by atoms with Gasteiger partial charge in [0.1, 0.15) is 5.69 Å². The van der Waals surface area contributed by atoms with Crippen molar-refractivity contribution < 1.29 is 4.79 Å². The predicted octanol–water partition coefficient (Wildman–Crippen LogP) is 2.04. The Kier molecular flexibility index (Phi) is 5.44. The number of halogens is 1. The zero-order valence-electron chi connectivity index (χ0n) is 15.1. The number of piperazine rings is 1. The summed E-state index contributed by atoms with van der Waals surface area (Å²) in [6.07, 6.45) is 3.66. The molecule has 25 heavy (non-hydrogen) atoms. The highest BCUT2D eigenvalue weighted by atomic mass is 35.5. The van der Waals surface area contributed by atoms with E-state index in [1.165, 1.54) is 5.56 Å². The molecule has 0 atom stereocenters. The van der Waals surface area contributed by atoms with Gasteiger partial charge < -0.3 is 4.90 Å². The molecule has 0 aliphatic carbocycles. The first-order chi connectivity index (χ1) is 12.0. The predicted molar refractivity (Wildman–Crippen MR) is 96.7 cm³/mol. The Bertz CT molecular complexity index is 744. The zero-order chi connectivity index (χ0) is 18.0. The number of hydrogen-bond donors (Lipinski definition) is 0. The van der Waals surface area contributed by atoms with Crippen LogP contribution in [0.25, 0.3) is 0 Å². The van der Waals surface area contributed by atoms with E-state index in [9.17, 15) is 4.79 Å². The highest BCUT2D eigenvalue weighted by molar-refractivity contribution is 6.33. The molecule has 0 aromatic carbocycles. The molecule has 0 bridgehead atoms. The maximum absolute atomic E-state index is 12.8. The second-order valence-electron chi connectivity index (χ2n) is 6.32. The van der Waals surface area contributed by atoms with Crippen molar-refractivity contribution in [3.8, 4) is 0 Å². The third-order valence-corrected chi connectivity index (χ3v) is 5.00. The Balaban J connectivity index is 1.60. The molecule has 3 rings (SSSR count). The summed E-state index contributed by atoms with van der Waals surface area (Å²) in [4.78, 5) is 17.0. The van der Waals surface area contributed by atoms with Gasteiger partial charge in [0.05, 0.1) is 16.9 Å². The fraction of sp³-hybridized carbons (Fsp3) is 0.588. The summed E-state index contributed by atoms with van der Waals surface area (Å²) in [5, 5.41) is 9.09. The smallest absolute Gasteiger partial charge is 0.273 e. The summed E-state index contributed by atoms with van der Waals surface area (Å²) >= 11 is 6.16. The van der Waals surface area contributed by atoms with E-state index in [0.29, 0.717) is 30.4 Å². The highest BCUT2D eigenvalue weighted by Crippen LogP contribution is 2.19. The van der Waals surface area contributed by atoms with E-state index < -0.39 is 0 Å². The van der Waals surface area contributed by atoms with Crippen LogP contribution in [-0.4, -0.2) is 61.4 Å². The number of carbonyl (C=O) groups is 1. The summed E-state index contributed by atoms with van der Waals surface area (Å²) in [5.41, 5.74) is 2.84. The number of aryl methyl sites for hydroxylation is 3. The first kappa shape index (κ1) is 17.9. The lowest BCUT2D eigenvalue weighted by Crippen LogP contribution is -2.48. The van der Waals surface area contributed by atoms with Gasteiger partial charge in [-0.15, -0.1) is 0 Å². The van der Waals surface area contributed by atoms with Crippen LogP contribution in [0.1, 0.15) is 35.6 Å². The molecule has 7 nitrogen and oxygen atoms in total. The second kappa shape index (κ2) is 7.58. The fourth-order valence-corrected chi connectivity index (χ4v) is 3.41. The van der Waals surface area contributed by atoms with E-state index in [1.807, 2.05) is 16.5 Å². The lowest BCUT2D eigenvalue weighted by molar-refractivity contribution is 0.0616. The Labute approximate surface area is 153 Å². The molecular weight excluding hydrogens is 340 g/mol. The normalized spacial score (nSPS) is 15.8. The maximum atomic E-state index is 12.8. The maximum Gasteiger partial charge on any atom is 0.273 e. The van der Waals surface area contributed by atoms with Crippen LogP contribution in [0.3, 0.4) is 0 Å². The van der Waals surface area contributed by atoms with Gasteiger partial charge >= 0.3 is 0 Å². The molecule has 0 unspecified atom stereocenters. The fourth-order valence-electron chi connectivity index (χ4n) is 3.19. The van der Waals surface area contributed by atoms with Crippen LogP contribution < -0.4 is 0 Å². The van der Waals surface area contributed by atoms with Gasteiger partial charge in [0.15, 0.2) is 0 Å². The van der Waals surface area contributed by atoms with Crippen LogP contribution in [0.5, 0.6) is 0 Å². The quantitative estimate of drug-likeness (QED) is 0.814. The average molecular weight is 365 g/mol. The number of nitrogens with zero attached hydrogens (tertiary/aromatic N) is 6. The molecule has 1 aliphatic heterocycles. The van der Waals surface area contributed by atoms with Gasteiger partial charge in [-0.3, -0.25) is 19.1 Å². The van der Waals surface area contributed by atoms with Gasteiger partial charge in [0.25, 0.3) is 5.91 Å².